The quantitative estimate of drug-likeness (QED) is 0.321. The fraction of sp³-hybridized carbons (Fsp3) is 0.571. The van der Waals surface area contributed by atoms with Crippen LogP contribution in [-0.2, 0) is 0 Å². The van der Waals surface area contributed by atoms with Gasteiger partial charge in [0.05, 0.1) is 11.0 Å². The number of nitrogens with one attached hydrogen (secondary N) is 2. The Morgan fingerprint density at radius 1 is 1.10 bits per heavy atom. The number of nitrogens with zero attached hydrogens (tertiary/aromatic N) is 3. The molecule has 2 aromatic rings. The van der Waals surface area contributed by atoms with Gasteiger partial charge in [-0.3, -0.25) is 9.89 Å². The molecule has 5 nitrogen and oxygen atoms in total. The van der Waals surface area contributed by atoms with Gasteiger partial charge in [0, 0.05) is 37.6 Å². The third-order valence-electron chi connectivity index (χ3n) is 5.79. The number of halogens is 1. The van der Waals surface area contributed by atoms with Crippen molar-refractivity contribution < 1.29 is 0 Å². The SMILES string of the molecule is CN=C(NCC(c1cccs1)N1CCCC1)NC1CCN(c2cccs2)CC1.I. The highest BCUT2D eigenvalue weighted by atomic mass is 127. The van der Waals surface area contributed by atoms with Gasteiger partial charge in [0.25, 0.3) is 0 Å². The molecule has 4 heterocycles. The number of piperidine rings is 1. The van der Waals surface area contributed by atoms with Gasteiger partial charge in [-0.1, -0.05) is 6.07 Å². The van der Waals surface area contributed by atoms with Crippen LogP contribution in [0.1, 0.15) is 36.6 Å². The summed E-state index contributed by atoms with van der Waals surface area (Å²) in [5.41, 5.74) is 0. The van der Waals surface area contributed by atoms with Crippen LogP contribution in [0.15, 0.2) is 40.0 Å². The van der Waals surface area contributed by atoms with Gasteiger partial charge < -0.3 is 15.5 Å². The Balaban J connectivity index is 0.00000240. The van der Waals surface area contributed by atoms with E-state index in [0.29, 0.717) is 12.1 Å². The molecule has 1 unspecified atom stereocenters. The summed E-state index contributed by atoms with van der Waals surface area (Å²) in [6, 6.07) is 9.74. The maximum Gasteiger partial charge on any atom is 0.191 e. The Morgan fingerprint density at radius 3 is 2.45 bits per heavy atom. The second kappa shape index (κ2) is 11.5. The lowest BCUT2D eigenvalue weighted by atomic mass is 10.1. The van der Waals surface area contributed by atoms with Crippen molar-refractivity contribution in [3.05, 3.63) is 39.9 Å². The van der Waals surface area contributed by atoms with Crippen molar-refractivity contribution in [2.75, 3.05) is 44.7 Å². The Labute approximate surface area is 199 Å². The summed E-state index contributed by atoms with van der Waals surface area (Å²) >= 11 is 3.70. The van der Waals surface area contributed by atoms with E-state index >= 15 is 0 Å². The number of anilines is 1. The molecule has 2 N–H and O–H groups in total. The molecule has 0 amide bonds. The normalized spacial score (nSPS) is 19.8. The summed E-state index contributed by atoms with van der Waals surface area (Å²) < 4.78 is 0. The van der Waals surface area contributed by atoms with Gasteiger partial charge in [-0.15, -0.1) is 46.7 Å². The number of rotatable bonds is 6. The molecule has 2 aromatic heterocycles. The zero-order valence-electron chi connectivity index (χ0n) is 17.0. The highest BCUT2D eigenvalue weighted by Crippen LogP contribution is 2.28. The molecule has 8 heteroatoms. The molecule has 160 valence electrons. The smallest absolute Gasteiger partial charge is 0.191 e. The summed E-state index contributed by atoms with van der Waals surface area (Å²) in [6.45, 7) is 5.55. The minimum Gasteiger partial charge on any atom is -0.363 e. The fourth-order valence-electron chi connectivity index (χ4n) is 4.22. The zero-order valence-corrected chi connectivity index (χ0v) is 21.0. The van der Waals surface area contributed by atoms with E-state index in [-0.39, 0.29) is 24.0 Å². The van der Waals surface area contributed by atoms with E-state index in [9.17, 15) is 0 Å². The van der Waals surface area contributed by atoms with Crippen molar-refractivity contribution >= 4 is 57.6 Å². The summed E-state index contributed by atoms with van der Waals surface area (Å²) in [4.78, 5) is 11.1. The Kier molecular flexibility index (Phi) is 9.08. The predicted molar refractivity (Wildman–Crippen MR) is 137 cm³/mol. The molecule has 2 fully saturated rings. The Hall–Kier alpha value is -0.840. The molecule has 0 aliphatic carbocycles. The predicted octanol–water partition coefficient (Wildman–Crippen LogP) is 4.40. The number of hydrogen-bond acceptors (Lipinski definition) is 5. The maximum absolute atomic E-state index is 4.50. The van der Waals surface area contributed by atoms with Crippen molar-refractivity contribution in [3.8, 4) is 0 Å². The minimum atomic E-state index is 0. The molecule has 0 bridgehead atoms. The third-order valence-corrected chi connectivity index (χ3v) is 7.70. The Bertz CT molecular complexity index is 720. The van der Waals surface area contributed by atoms with Crippen LogP contribution in [0.2, 0.25) is 0 Å². The number of hydrogen-bond donors (Lipinski definition) is 2. The zero-order chi connectivity index (χ0) is 19.2. The van der Waals surface area contributed by atoms with Gasteiger partial charge in [-0.25, -0.2) is 0 Å². The molecular formula is C21H32IN5S2. The highest BCUT2D eigenvalue weighted by Gasteiger charge is 2.25. The van der Waals surface area contributed by atoms with Gasteiger partial charge in [0.1, 0.15) is 0 Å². The second-order valence-corrected chi connectivity index (χ2v) is 9.49. The van der Waals surface area contributed by atoms with E-state index in [0.717, 1.165) is 38.4 Å². The van der Waals surface area contributed by atoms with Crippen molar-refractivity contribution in [2.24, 2.45) is 4.99 Å². The first-order chi connectivity index (χ1) is 13.8. The molecule has 0 aromatic carbocycles. The van der Waals surface area contributed by atoms with E-state index in [1.165, 1.54) is 35.8 Å². The molecule has 29 heavy (non-hydrogen) atoms. The van der Waals surface area contributed by atoms with Crippen LogP contribution in [0.25, 0.3) is 0 Å². The van der Waals surface area contributed by atoms with E-state index in [1.807, 2.05) is 29.7 Å². The number of guanidine groups is 1. The number of likely N-dealkylation sites (tertiary alicyclic amines) is 1. The van der Waals surface area contributed by atoms with E-state index in [4.69, 9.17) is 0 Å². The van der Waals surface area contributed by atoms with Gasteiger partial charge >= 0.3 is 0 Å². The molecule has 0 saturated carbocycles. The molecular weight excluding hydrogens is 513 g/mol. The fourth-order valence-corrected chi connectivity index (χ4v) is 5.87. The van der Waals surface area contributed by atoms with Gasteiger partial charge in [0.2, 0.25) is 0 Å². The average molecular weight is 546 g/mol. The standard InChI is InChI=1S/C21H31N5S2.HI/c1-22-21(24-17-8-12-26(13-9-17)20-7-5-15-28-20)23-16-18(19-6-4-14-27-19)25-10-2-3-11-25;/h4-7,14-15,17-18H,2-3,8-13,16H2,1H3,(H2,22,23,24);1H. The second-order valence-electron chi connectivity index (χ2n) is 7.58. The van der Waals surface area contributed by atoms with Crippen molar-refractivity contribution in [3.63, 3.8) is 0 Å². The minimum absolute atomic E-state index is 0. The van der Waals surface area contributed by atoms with Crippen molar-refractivity contribution in [1.82, 2.24) is 15.5 Å². The first kappa shape index (κ1) is 22.8. The summed E-state index contributed by atoms with van der Waals surface area (Å²) in [5.74, 6) is 0.940. The van der Waals surface area contributed by atoms with Crippen LogP contribution >= 0.6 is 46.7 Å². The average Bonchev–Trinajstić information content (AvgIpc) is 3.51. The monoisotopic (exact) mass is 545 g/mol. The number of aliphatic imine (C=N–C) groups is 1. The molecule has 2 saturated heterocycles. The first-order valence-electron chi connectivity index (χ1n) is 10.4. The molecule has 0 spiro atoms. The Morgan fingerprint density at radius 2 is 1.83 bits per heavy atom. The van der Waals surface area contributed by atoms with Gasteiger partial charge in [-0.05, 0) is 67.7 Å². The third kappa shape index (κ3) is 6.08. The van der Waals surface area contributed by atoms with E-state index in [2.05, 4.69) is 60.5 Å². The topological polar surface area (TPSA) is 42.9 Å². The first-order valence-corrected chi connectivity index (χ1v) is 12.1. The molecule has 2 aliphatic rings. The van der Waals surface area contributed by atoms with Crippen LogP contribution in [-0.4, -0.2) is 56.7 Å². The molecule has 1 atom stereocenters. The lowest BCUT2D eigenvalue weighted by molar-refractivity contribution is 0.248. The lowest BCUT2D eigenvalue weighted by Gasteiger charge is -2.34. The largest absolute Gasteiger partial charge is 0.363 e. The van der Waals surface area contributed by atoms with E-state index in [1.54, 1.807) is 0 Å². The summed E-state index contributed by atoms with van der Waals surface area (Å²) in [5, 5.41) is 13.0. The van der Waals surface area contributed by atoms with E-state index < -0.39 is 0 Å². The molecule has 4 rings (SSSR count). The van der Waals surface area contributed by atoms with Crippen LogP contribution in [0.3, 0.4) is 0 Å². The lowest BCUT2D eigenvalue weighted by Crippen LogP contribution is -2.50. The summed E-state index contributed by atoms with van der Waals surface area (Å²) in [7, 11) is 1.88. The molecule has 2 aliphatic heterocycles. The van der Waals surface area contributed by atoms with Crippen LogP contribution in [0.5, 0.6) is 0 Å². The van der Waals surface area contributed by atoms with Crippen molar-refractivity contribution in [1.29, 1.82) is 0 Å². The van der Waals surface area contributed by atoms with Crippen LogP contribution < -0.4 is 15.5 Å². The summed E-state index contributed by atoms with van der Waals surface area (Å²) in [6.07, 6.45) is 4.94. The molecule has 0 radical (unpaired) electrons. The maximum atomic E-state index is 4.50. The van der Waals surface area contributed by atoms with Gasteiger partial charge in [0.15, 0.2) is 5.96 Å². The highest BCUT2D eigenvalue weighted by molar-refractivity contribution is 14.0. The van der Waals surface area contributed by atoms with Gasteiger partial charge in [-0.2, -0.15) is 0 Å². The number of thiophene rings is 2. The van der Waals surface area contributed by atoms with Crippen LogP contribution in [0.4, 0.5) is 5.00 Å². The van der Waals surface area contributed by atoms with Crippen LogP contribution in [0, 0.1) is 0 Å². The van der Waals surface area contributed by atoms with Crippen molar-refractivity contribution in [2.45, 2.75) is 37.8 Å².